The van der Waals surface area contributed by atoms with E-state index in [0.717, 1.165) is 27.6 Å². The van der Waals surface area contributed by atoms with Gasteiger partial charge in [0.2, 0.25) is 0 Å². The van der Waals surface area contributed by atoms with E-state index < -0.39 is 0 Å². The summed E-state index contributed by atoms with van der Waals surface area (Å²) in [6.07, 6.45) is 1.64. The van der Waals surface area contributed by atoms with E-state index in [1.165, 1.54) is 0 Å². The number of carbonyl (C=O) groups is 1. The van der Waals surface area contributed by atoms with Gasteiger partial charge in [-0.2, -0.15) is 10.2 Å². The number of methoxy groups -OCH3 is 1. The van der Waals surface area contributed by atoms with Gasteiger partial charge in [-0.3, -0.25) is 9.89 Å². The lowest BCUT2D eigenvalue weighted by Crippen LogP contribution is -2.18. The van der Waals surface area contributed by atoms with Crippen molar-refractivity contribution in [1.82, 2.24) is 15.6 Å². The van der Waals surface area contributed by atoms with Crippen LogP contribution in [0.25, 0.3) is 22.0 Å². The minimum atomic E-state index is -0.358. The fraction of sp³-hybridized carbons (Fsp3) is 0.0455. The first-order valence-corrected chi connectivity index (χ1v) is 8.75. The highest BCUT2D eigenvalue weighted by Gasteiger charge is 2.10. The van der Waals surface area contributed by atoms with Gasteiger partial charge >= 0.3 is 0 Å². The van der Waals surface area contributed by atoms with Crippen molar-refractivity contribution >= 4 is 22.9 Å². The quantitative estimate of drug-likeness (QED) is 0.412. The molecule has 4 aromatic rings. The van der Waals surface area contributed by atoms with Crippen LogP contribution in [-0.4, -0.2) is 29.4 Å². The molecule has 1 amide bonds. The van der Waals surface area contributed by atoms with Crippen LogP contribution in [0.4, 0.5) is 0 Å². The summed E-state index contributed by atoms with van der Waals surface area (Å²) in [5, 5.41) is 13.2. The number of nitrogens with one attached hydrogen (secondary N) is 2. The molecule has 138 valence electrons. The van der Waals surface area contributed by atoms with E-state index in [0.29, 0.717) is 11.4 Å². The number of ether oxygens (including phenoxy) is 1. The van der Waals surface area contributed by atoms with E-state index in [2.05, 4.69) is 20.7 Å². The number of hydrazone groups is 1. The molecule has 0 radical (unpaired) electrons. The van der Waals surface area contributed by atoms with Crippen LogP contribution in [0, 0.1) is 0 Å². The summed E-state index contributed by atoms with van der Waals surface area (Å²) in [5.41, 5.74) is 5.36. The van der Waals surface area contributed by atoms with E-state index in [-0.39, 0.29) is 5.91 Å². The molecule has 0 saturated heterocycles. The summed E-state index contributed by atoms with van der Waals surface area (Å²) >= 11 is 0. The second-order valence-electron chi connectivity index (χ2n) is 6.16. The van der Waals surface area contributed by atoms with Crippen molar-refractivity contribution in [2.75, 3.05) is 7.11 Å². The second-order valence-corrected chi connectivity index (χ2v) is 6.16. The number of fused-ring (bicyclic) bond motifs is 1. The Morgan fingerprint density at radius 2 is 1.86 bits per heavy atom. The van der Waals surface area contributed by atoms with Gasteiger partial charge in [0.1, 0.15) is 11.4 Å². The molecular weight excluding hydrogens is 352 g/mol. The number of amides is 1. The molecular formula is C22H18N4O2. The van der Waals surface area contributed by atoms with Gasteiger partial charge in [-0.25, -0.2) is 5.43 Å². The lowest BCUT2D eigenvalue weighted by Gasteiger charge is -2.01. The molecule has 6 nitrogen and oxygen atoms in total. The topological polar surface area (TPSA) is 79.4 Å². The van der Waals surface area contributed by atoms with Gasteiger partial charge in [-0.05, 0) is 41.1 Å². The molecule has 3 aromatic carbocycles. The summed E-state index contributed by atoms with van der Waals surface area (Å²) < 4.78 is 5.15. The molecule has 1 heterocycles. The molecule has 2 N–H and O–H groups in total. The van der Waals surface area contributed by atoms with Crippen molar-refractivity contribution in [2.45, 2.75) is 0 Å². The summed E-state index contributed by atoms with van der Waals surface area (Å²) in [6.45, 7) is 0. The Balaban J connectivity index is 1.46. The van der Waals surface area contributed by atoms with Crippen molar-refractivity contribution in [2.24, 2.45) is 5.10 Å². The number of H-pyrrole nitrogens is 1. The van der Waals surface area contributed by atoms with Crippen molar-refractivity contribution in [1.29, 1.82) is 0 Å². The van der Waals surface area contributed by atoms with E-state index in [4.69, 9.17) is 4.74 Å². The Morgan fingerprint density at radius 1 is 1.07 bits per heavy atom. The highest BCUT2D eigenvalue weighted by molar-refractivity contribution is 6.00. The van der Waals surface area contributed by atoms with Gasteiger partial charge in [0.05, 0.1) is 19.0 Å². The molecule has 0 fully saturated rings. The SMILES string of the molecule is COc1ccc(-c2cc(C(=O)N/N=C/c3cccc4ccccc34)[nH]n2)cc1. The first-order chi connectivity index (χ1) is 13.7. The van der Waals surface area contributed by atoms with Crippen LogP contribution in [0.5, 0.6) is 5.75 Å². The fourth-order valence-corrected chi connectivity index (χ4v) is 2.93. The number of hydrogen-bond donors (Lipinski definition) is 2. The van der Waals surface area contributed by atoms with Gasteiger partial charge in [0.15, 0.2) is 0 Å². The number of hydrogen-bond acceptors (Lipinski definition) is 4. The maximum Gasteiger partial charge on any atom is 0.289 e. The van der Waals surface area contributed by atoms with E-state index in [1.54, 1.807) is 19.4 Å². The van der Waals surface area contributed by atoms with Crippen molar-refractivity contribution in [3.05, 3.63) is 84.1 Å². The molecule has 28 heavy (non-hydrogen) atoms. The van der Waals surface area contributed by atoms with E-state index in [1.807, 2.05) is 66.7 Å². The number of aromatic amines is 1. The summed E-state index contributed by atoms with van der Waals surface area (Å²) in [7, 11) is 1.62. The zero-order valence-electron chi connectivity index (χ0n) is 15.2. The van der Waals surface area contributed by atoms with Crippen molar-refractivity contribution in [3.63, 3.8) is 0 Å². The number of rotatable bonds is 5. The lowest BCUT2D eigenvalue weighted by molar-refractivity contribution is 0.0950. The van der Waals surface area contributed by atoms with Crippen molar-refractivity contribution < 1.29 is 9.53 Å². The van der Waals surface area contributed by atoms with Crippen LogP contribution >= 0.6 is 0 Å². The predicted molar refractivity (Wildman–Crippen MR) is 110 cm³/mol. The first-order valence-electron chi connectivity index (χ1n) is 8.75. The fourth-order valence-electron chi connectivity index (χ4n) is 2.93. The average Bonchev–Trinajstić information content (AvgIpc) is 3.24. The zero-order valence-corrected chi connectivity index (χ0v) is 15.2. The largest absolute Gasteiger partial charge is 0.497 e. The Kier molecular flexibility index (Phi) is 4.84. The molecule has 4 rings (SSSR count). The summed E-state index contributed by atoms with van der Waals surface area (Å²) in [6, 6.07) is 23.1. The average molecular weight is 370 g/mol. The Bertz CT molecular complexity index is 1140. The lowest BCUT2D eigenvalue weighted by atomic mass is 10.1. The van der Waals surface area contributed by atoms with E-state index in [9.17, 15) is 4.79 Å². The molecule has 6 heteroatoms. The molecule has 0 aliphatic heterocycles. The van der Waals surface area contributed by atoms with Crippen LogP contribution < -0.4 is 10.2 Å². The van der Waals surface area contributed by atoms with Gasteiger partial charge in [-0.1, -0.05) is 42.5 Å². The summed E-state index contributed by atoms with van der Waals surface area (Å²) in [4.78, 5) is 12.3. The maximum absolute atomic E-state index is 12.3. The molecule has 0 bridgehead atoms. The third-order valence-electron chi connectivity index (χ3n) is 4.40. The third-order valence-corrected chi connectivity index (χ3v) is 4.40. The number of carbonyl (C=O) groups excluding carboxylic acids is 1. The molecule has 1 aromatic heterocycles. The maximum atomic E-state index is 12.3. The Labute approximate surface area is 161 Å². The number of benzene rings is 3. The van der Waals surface area contributed by atoms with Gasteiger partial charge < -0.3 is 4.74 Å². The normalized spacial score (nSPS) is 11.0. The Hall–Kier alpha value is -3.93. The number of aromatic nitrogens is 2. The smallest absolute Gasteiger partial charge is 0.289 e. The predicted octanol–water partition coefficient (Wildman–Crippen LogP) is 4.00. The molecule has 0 spiro atoms. The molecule has 0 unspecified atom stereocenters. The Morgan fingerprint density at radius 3 is 2.68 bits per heavy atom. The van der Waals surface area contributed by atoms with Crippen LogP contribution in [0.1, 0.15) is 16.1 Å². The van der Waals surface area contributed by atoms with Gasteiger partial charge in [-0.15, -0.1) is 0 Å². The molecule has 0 saturated carbocycles. The van der Waals surface area contributed by atoms with Crippen LogP contribution in [0.2, 0.25) is 0 Å². The number of nitrogens with zero attached hydrogens (tertiary/aromatic N) is 2. The first kappa shape index (κ1) is 17.5. The molecule has 0 aliphatic rings. The van der Waals surface area contributed by atoms with Gasteiger partial charge in [0, 0.05) is 11.1 Å². The zero-order chi connectivity index (χ0) is 19.3. The van der Waals surface area contributed by atoms with Crippen LogP contribution in [0.15, 0.2) is 77.9 Å². The van der Waals surface area contributed by atoms with Crippen molar-refractivity contribution in [3.8, 4) is 17.0 Å². The molecule has 0 aliphatic carbocycles. The molecule has 0 atom stereocenters. The van der Waals surface area contributed by atoms with E-state index >= 15 is 0 Å². The van der Waals surface area contributed by atoms with Crippen LogP contribution in [-0.2, 0) is 0 Å². The highest BCUT2D eigenvalue weighted by atomic mass is 16.5. The summed E-state index contributed by atoms with van der Waals surface area (Å²) in [5.74, 6) is 0.406. The minimum Gasteiger partial charge on any atom is -0.497 e. The van der Waals surface area contributed by atoms with Crippen LogP contribution in [0.3, 0.4) is 0 Å². The minimum absolute atomic E-state index is 0.334. The highest BCUT2D eigenvalue weighted by Crippen LogP contribution is 2.21. The standard InChI is InChI=1S/C22H18N4O2/c1-28-18-11-9-16(10-12-18)20-13-21(25-24-20)22(27)26-23-14-17-7-4-6-15-5-2-3-8-19(15)17/h2-14H,1H3,(H,24,25)(H,26,27)/b23-14+. The monoisotopic (exact) mass is 370 g/mol. The third kappa shape index (κ3) is 3.61. The second kappa shape index (κ2) is 7.75. The van der Waals surface area contributed by atoms with Gasteiger partial charge in [0.25, 0.3) is 5.91 Å².